The van der Waals surface area contributed by atoms with Crippen molar-refractivity contribution in [3.63, 3.8) is 0 Å². The molecule has 7 nitrogen and oxygen atoms in total. The molecule has 0 amide bonds. The minimum atomic E-state index is -2.85. The predicted molar refractivity (Wildman–Crippen MR) is 102 cm³/mol. The summed E-state index contributed by atoms with van der Waals surface area (Å²) < 4.78 is 28.2. The van der Waals surface area contributed by atoms with Crippen LogP contribution in [-0.2, 0) is 21.2 Å². The molecule has 0 radical (unpaired) electrons. The number of nitrogens with zero attached hydrogens (tertiary/aromatic N) is 2. The summed E-state index contributed by atoms with van der Waals surface area (Å²) in [5.74, 6) is 2.27. The lowest BCUT2D eigenvalue weighted by atomic mass is 9.78. The predicted octanol–water partition coefficient (Wildman–Crippen LogP) is 1.66. The topological polar surface area (TPSA) is 107 Å². The zero-order valence-electron chi connectivity index (χ0n) is 14.2. The molecule has 0 spiro atoms. The molecule has 25 heavy (non-hydrogen) atoms. The molecule has 1 aromatic rings. The van der Waals surface area contributed by atoms with Gasteiger partial charge in [0.2, 0.25) is 0 Å². The summed E-state index contributed by atoms with van der Waals surface area (Å²) in [6.07, 6.45) is 3.14. The summed E-state index contributed by atoms with van der Waals surface area (Å²) in [5.41, 5.74) is 6.87. The van der Waals surface area contributed by atoms with Crippen molar-refractivity contribution in [2.75, 3.05) is 23.9 Å². The van der Waals surface area contributed by atoms with E-state index in [9.17, 15) is 8.42 Å². The molecule has 1 aromatic heterocycles. The third-order valence-corrected chi connectivity index (χ3v) is 6.28. The van der Waals surface area contributed by atoms with Crippen molar-refractivity contribution in [1.82, 2.24) is 9.97 Å². The summed E-state index contributed by atoms with van der Waals surface area (Å²) >= 11 is 0. The number of halogens is 2. The Morgan fingerprint density at radius 2 is 1.88 bits per heavy atom. The summed E-state index contributed by atoms with van der Waals surface area (Å²) in [6, 6.07) is 2.37. The molecule has 2 aliphatic rings. The summed E-state index contributed by atoms with van der Waals surface area (Å²) in [7, 11) is -1.23. The van der Waals surface area contributed by atoms with Crippen molar-refractivity contribution < 1.29 is 13.2 Å². The summed E-state index contributed by atoms with van der Waals surface area (Å²) in [6.45, 7) is 0.361. The first-order chi connectivity index (χ1) is 10.9. The fraction of sp³-hybridized carbons (Fsp3) is 0.733. The van der Waals surface area contributed by atoms with Crippen LogP contribution in [0.4, 0.5) is 5.82 Å². The minimum absolute atomic E-state index is 0. The standard InChI is InChI=1S/C15H24N4O3S.2ClH/c1-22-9-15-18-13(10-6-11(16)7-10)8-14(19-15)17-12-2-4-23(20,21)5-3-12;;/h8,10-12H,2-7,9,16H2,1H3,(H,17,18,19);2*1H. The second-order valence-corrected chi connectivity index (χ2v) is 8.83. The van der Waals surface area contributed by atoms with Crippen LogP contribution in [0.25, 0.3) is 0 Å². The molecular weight excluding hydrogens is 387 g/mol. The van der Waals surface area contributed by atoms with Gasteiger partial charge in [-0.3, -0.25) is 0 Å². The highest BCUT2D eigenvalue weighted by atomic mass is 35.5. The monoisotopic (exact) mass is 412 g/mol. The molecule has 2 fully saturated rings. The van der Waals surface area contributed by atoms with E-state index in [1.807, 2.05) is 6.07 Å². The van der Waals surface area contributed by atoms with Gasteiger partial charge in [0.1, 0.15) is 22.3 Å². The van der Waals surface area contributed by atoms with Crippen LogP contribution in [0.3, 0.4) is 0 Å². The lowest BCUT2D eigenvalue weighted by molar-refractivity contribution is 0.177. The molecule has 144 valence electrons. The van der Waals surface area contributed by atoms with Crippen molar-refractivity contribution in [2.45, 2.75) is 50.3 Å². The van der Waals surface area contributed by atoms with Gasteiger partial charge in [0.15, 0.2) is 5.82 Å². The average molecular weight is 413 g/mol. The number of anilines is 1. The zero-order valence-corrected chi connectivity index (χ0v) is 16.6. The number of ether oxygens (including phenoxy) is 1. The number of hydrogen-bond donors (Lipinski definition) is 2. The fourth-order valence-corrected chi connectivity index (χ4v) is 4.63. The van der Waals surface area contributed by atoms with E-state index in [2.05, 4.69) is 15.3 Å². The lowest BCUT2D eigenvalue weighted by Crippen LogP contribution is -2.35. The molecule has 3 N–H and O–H groups in total. The zero-order chi connectivity index (χ0) is 16.4. The SMILES string of the molecule is COCc1nc(NC2CCS(=O)(=O)CC2)cc(C2CC(N)C2)n1.Cl.Cl. The minimum Gasteiger partial charge on any atom is -0.377 e. The molecular formula is C15H26Cl2N4O3S. The van der Waals surface area contributed by atoms with Crippen LogP contribution in [0.2, 0.25) is 0 Å². The molecule has 10 heteroatoms. The first-order valence-corrected chi connectivity index (χ1v) is 9.86. The van der Waals surface area contributed by atoms with Crippen molar-refractivity contribution in [2.24, 2.45) is 5.73 Å². The van der Waals surface area contributed by atoms with Gasteiger partial charge >= 0.3 is 0 Å². The van der Waals surface area contributed by atoms with Gasteiger partial charge in [-0.1, -0.05) is 0 Å². The first-order valence-electron chi connectivity index (χ1n) is 8.04. The van der Waals surface area contributed by atoms with Gasteiger partial charge in [-0.25, -0.2) is 18.4 Å². The highest BCUT2D eigenvalue weighted by Crippen LogP contribution is 2.35. The van der Waals surface area contributed by atoms with Gasteiger partial charge in [-0.05, 0) is 25.7 Å². The molecule has 1 saturated heterocycles. The summed E-state index contributed by atoms with van der Waals surface area (Å²) in [5, 5.41) is 3.37. The quantitative estimate of drug-likeness (QED) is 0.756. The van der Waals surface area contributed by atoms with Gasteiger partial charge in [-0.2, -0.15) is 0 Å². The van der Waals surface area contributed by atoms with Crippen molar-refractivity contribution >= 4 is 40.5 Å². The Hall–Kier alpha value is -0.670. The van der Waals surface area contributed by atoms with Crippen LogP contribution in [0.15, 0.2) is 6.07 Å². The van der Waals surface area contributed by atoms with Crippen LogP contribution in [0.5, 0.6) is 0 Å². The molecule has 0 unspecified atom stereocenters. The number of rotatable bonds is 5. The van der Waals surface area contributed by atoms with Gasteiger partial charge in [0.25, 0.3) is 0 Å². The number of hydrogen-bond acceptors (Lipinski definition) is 7. The van der Waals surface area contributed by atoms with E-state index in [0.717, 1.165) is 24.4 Å². The Morgan fingerprint density at radius 3 is 2.44 bits per heavy atom. The van der Waals surface area contributed by atoms with Crippen molar-refractivity contribution in [3.8, 4) is 0 Å². The molecule has 1 aliphatic carbocycles. The van der Waals surface area contributed by atoms with Crippen molar-refractivity contribution in [3.05, 3.63) is 17.6 Å². The highest BCUT2D eigenvalue weighted by molar-refractivity contribution is 7.91. The third kappa shape index (κ3) is 5.92. The van der Waals surface area contributed by atoms with E-state index >= 15 is 0 Å². The maximum Gasteiger partial charge on any atom is 0.156 e. The number of sulfone groups is 1. The van der Waals surface area contributed by atoms with Crippen LogP contribution < -0.4 is 11.1 Å². The van der Waals surface area contributed by atoms with Crippen LogP contribution >= 0.6 is 24.8 Å². The van der Waals surface area contributed by atoms with Crippen LogP contribution in [0, 0.1) is 0 Å². The molecule has 0 bridgehead atoms. The number of nitrogens with two attached hydrogens (primary N) is 1. The van der Waals surface area contributed by atoms with Gasteiger partial charge in [-0.15, -0.1) is 24.8 Å². The van der Waals surface area contributed by atoms with E-state index in [0.29, 0.717) is 31.2 Å². The molecule has 1 saturated carbocycles. The highest BCUT2D eigenvalue weighted by Gasteiger charge is 2.30. The van der Waals surface area contributed by atoms with E-state index < -0.39 is 9.84 Å². The van der Waals surface area contributed by atoms with E-state index in [4.69, 9.17) is 10.5 Å². The van der Waals surface area contributed by atoms with Gasteiger partial charge in [0.05, 0.1) is 11.5 Å². The second kappa shape index (κ2) is 9.32. The second-order valence-electron chi connectivity index (χ2n) is 6.53. The lowest BCUT2D eigenvalue weighted by Gasteiger charge is -2.32. The first kappa shape index (κ1) is 22.4. The van der Waals surface area contributed by atoms with Gasteiger partial charge in [0, 0.05) is 36.9 Å². The van der Waals surface area contributed by atoms with E-state index in [1.165, 1.54) is 0 Å². The maximum absolute atomic E-state index is 11.5. The van der Waals surface area contributed by atoms with E-state index in [1.54, 1.807) is 7.11 Å². The van der Waals surface area contributed by atoms with Crippen LogP contribution in [0.1, 0.15) is 43.1 Å². The number of aromatic nitrogens is 2. The maximum atomic E-state index is 11.5. The molecule has 0 atom stereocenters. The van der Waals surface area contributed by atoms with Gasteiger partial charge < -0.3 is 15.8 Å². The molecule has 3 rings (SSSR count). The Kier molecular flexibility index (Phi) is 8.34. The normalized spacial score (nSPS) is 25.2. The number of methoxy groups -OCH3 is 1. The van der Waals surface area contributed by atoms with Crippen LogP contribution in [-0.4, -0.2) is 49.1 Å². The fourth-order valence-electron chi connectivity index (χ4n) is 3.14. The Balaban J connectivity index is 0.00000156. The molecule has 2 heterocycles. The van der Waals surface area contributed by atoms with Crippen molar-refractivity contribution in [1.29, 1.82) is 0 Å². The largest absolute Gasteiger partial charge is 0.377 e. The molecule has 0 aromatic carbocycles. The number of nitrogens with one attached hydrogen (secondary N) is 1. The third-order valence-electron chi connectivity index (χ3n) is 4.57. The van der Waals surface area contributed by atoms with E-state index in [-0.39, 0.29) is 48.4 Å². The Labute approximate surface area is 161 Å². The Bertz CT molecular complexity index is 655. The smallest absolute Gasteiger partial charge is 0.156 e. The summed E-state index contributed by atoms with van der Waals surface area (Å²) in [4.78, 5) is 9.05. The Morgan fingerprint density at radius 1 is 1.24 bits per heavy atom. The molecule has 1 aliphatic heterocycles. The average Bonchev–Trinajstić information content (AvgIpc) is 2.46.